The number of aliphatic imine (C=N–C) groups is 1. The third-order valence-corrected chi connectivity index (χ3v) is 4.32. The van der Waals surface area contributed by atoms with Gasteiger partial charge in [0.25, 0.3) is 0 Å². The van der Waals surface area contributed by atoms with Crippen LogP contribution in [0.3, 0.4) is 0 Å². The third-order valence-electron chi connectivity index (χ3n) is 4.32. The first-order chi connectivity index (χ1) is 10.1. The van der Waals surface area contributed by atoms with E-state index in [0.29, 0.717) is 12.0 Å². The van der Waals surface area contributed by atoms with Crippen LogP contribution >= 0.6 is 24.0 Å². The lowest BCUT2D eigenvalue weighted by molar-refractivity contribution is 0.191. The van der Waals surface area contributed by atoms with Crippen LogP contribution in [0.25, 0.3) is 0 Å². The number of likely N-dealkylation sites (tertiary alicyclic amines) is 1. The van der Waals surface area contributed by atoms with Crippen molar-refractivity contribution < 1.29 is 0 Å². The fourth-order valence-electron chi connectivity index (χ4n) is 3.02. The molecule has 0 bridgehead atoms. The molecule has 5 heteroatoms. The van der Waals surface area contributed by atoms with Crippen LogP contribution in [0.5, 0.6) is 0 Å². The Bertz CT molecular complexity index is 325. The highest BCUT2D eigenvalue weighted by molar-refractivity contribution is 14.0. The molecule has 1 fully saturated rings. The number of nitrogens with one attached hydrogen (secondary N) is 1. The number of guanidine groups is 1. The summed E-state index contributed by atoms with van der Waals surface area (Å²) in [6.07, 6.45) is 6.86. The fourth-order valence-corrected chi connectivity index (χ4v) is 3.02. The summed E-state index contributed by atoms with van der Waals surface area (Å²) >= 11 is 0. The van der Waals surface area contributed by atoms with E-state index < -0.39 is 0 Å². The summed E-state index contributed by atoms with van der Waals surface area (Å²) in [5, 5.41) is 3.56. The second-order valence-electron chi connectivity index (χ2n) is 6.34. The molecule has 0 spiro atoms. The van der Waals surface area contributed by atoms with Gasteiger partial charge in [-0.05, 0) is 44.7 Å². The summed E-state index contributed by atoms with van der Waals surface area (Å²) in [4.78, 5) is 9.25. The van der Waals surface area contributed by atoms with Crippen LogP contribution in [0.15, 0.2) is 17.6 Å². The van der Waals surface area contributed by atoms with Crippen LogP contribution in [-0.2, 0) is 0 Å². The van der Waals surface area contributed by atoms with E-state index in [-0.39, 0.29) is 24.0 Å². The van der Waals surface area contributed by atoms with E-state index in [2.05, 4.69) is 47.6 Å². The molecule has 1 rings (SSSR count). The number of allylic oxidation sites excluding steroid dienone is 1. The molecule has 1 atom stereocenters. The van der Waals surface area contributed by atoms with E-state index in [4.69, 9.17) is 0 Å². The molecule has 0 saturated carbocycles. The number of rotatable bonds is 8. The first kappa shape index (κ1) is 21.7. The highest BCUT2D eigenvalue weighted by atomic mass is 127. The molecule has 1 aliphatic rings. The van der Waals surface area contributed by atoms with Crippen LogP contribution in [0.2, 0.25) is 0 Å². The van der Waals surface area contributed by atoms with Crippen molar-refractivity contribution in [3.05, 3.63) is 12.7 Å². The lowest BCUT2D eigenvalue weighted by Crippen LogP contribution is -2.49. The summed E-state index contributed by atoms with van der Waals surface area (Å²) in [6, 6.07) is 0.603. The minimum Gasteiger partial charge on any atom is -0.355 e. The smallest absolute Gasteiger partial charge is 0.193 e. The van der Waals surface area contributed by atoms with E-state index in [1.165, 1.54) is 25.9 Å². The Balaban J connectivity index is 0.00000441. The van der Waals surface area contributed by atoms with Gasteiger partial charge in [-0.25, -0.2) is 0 Å². The molecule has 1 unspecified atom stereocenters. The molecular formula is C17H35IN4. The van der Waals surface area contributed by atoms with Crippen LogP contribution < -0.4 is 5.32 Å². The van der Waals surface area contributed by atoms with E-state index in [1.54, 1.807) is 0 Å². The van der Waals surface area contributed by atoms with Gasteiger partial charge >= 0.3 is 0 Å². The van der Waals surface area contributed by atoms with Crippen molar-refractivity contribution in [2.45, 2.75) is 45.6 Å². The number of halogens is 1. The second kappa shape index (κ2) is 12.2. The highest BCUT2D eigenvalue weighted by Gasteiger charge is 2.24. The van der Waals surface area contributed by atoms with Gasteiger partial charge in [0, 0.05) is 33.2 Å². The Morgan fingerprint density at radius 3 is 2.50 bits per heavy atom. The average molecular weight is 422 g/mol. The molecule has 1 saturated heterocycles. The summed E-state index contributed by atoms with van der Waals surface area (Å²) in [5.41, 5.74) is 0. The van der Waals surface area contributed by atoms with Gasteiger partial charge in [0.15, 0.2) is 5.96 Å². The van der Waals surface area contributed by atoms with Crippen LogP contribution in [0.1, 0.15) is 39.5 Å². The van der Waals surface area contributed by atoms with Crippen molar-refractivity contribution in [1.82, 2.24) is 15.1 Å². The zero-order valence-corrected chi connectivity index (χ0v) is 17.2. The second-order valence-corrected chi connectivity index (χ2v) is 6.34. The molecule has 0 aliphatic carbocycles. The lowest BCUT2D eigenvalue weighted by atomic mass is 10.0. The molecule has 0 aromatic rings. The molecule has 0 radical (unpaired) electrons. The lowest BCUT2D eigenvalue weighted by Gasteiger charge is -2.32. The van der Waals surface area contributed by atoms with Gasteiger partial charge in [-0.1, -0.05) is 19.9 Å². The van der Waals surface area contributed by atoms with Crippen molar-refractivity contribution in [3.63, 3.8) is 0 Å². The van der Waals surface area contributed by atoms with Gasteiger partial charge in [0.2, 0.25) is 0 Å². The molecule has 0 aromatic carbocycles. The summed E-state index contributed by atoms with van der Waals surface area (Å²) in [7, 11) is 3.98. The summed E-state index contributed by atoms with van der Waals surface area (Å²) in [5.74, 6) is 1.67. The molecule has 0 aromatic heterocycles. The Morgan fingerprint density at radius 1 is 1.36 bits per heavy atom. The van der Waals surface area contributed by atoms with E-state index in [1.807, 2.05) is 13.1 Å². The largest absolute Gasteiger partial charge is 0.355 e. The van der Waals surface area contributed by atoms with E-state index in [9.17, 15) is 0 Å². The fraction of sp³-hybridized carbons (Fsp3) is 0.824. The average Bonchev–Trinajstić information content (AvgIpc) is 2.97. The van der Waals surface area contributed by atoms with Gasteiger partial charge < -0.3 is 10.2 Å². The van der Waals surface area contributed by atoms with E-state index in [0.717, 1.165) is 31.9 Å². The van der Waals surface area contributed by atoms with Crippen LogP contribution in [0, 0.1) is 5.92 Å². The maximum absolute atomic E-state index is 4.41. The monoisotopic (exact) mass is 422 g/mol. The number of unbranched alkanes of at least 4 members (excludes halogenated alkanes) is 1. The first-order valence-electron chi connectivity index (χ1n) is 8.36. The molecular weight excluding hydrogens is 387 g/mol. The zero-order chi connectivity index (χ0) is 15.7. The van der Waals surface area contributed by atoms with Gasteiger partial charge in [-0.15, -0.1) is 30.6 Å². The van der Waals surface area contributed by atoms with Crippen molar-refractivity contribution in [3.8, 4) is 0 Å². The zero-order valence-electron chi connectivity index (χ0n) is 14.8. The van der Waals surface area contributed by atoms with Crippen molar-refractivity contribution in [2.24, 2.45) is 10.9 Å². The van der Waals surface area contributed by atoms with E-state index >= 15 is 0 Å². The molecule has 22 heavy (non-hydrogen) atoms. The quantitative estimate of drug-likeness (QED) is 0.214. The van der Waals surface area contributed by atoms with Crippen molar-refractivity contribution in [2.75, 3.05) is 40.3 Å². The molecule has 1 N–H and O–H groups in total. The third kappa shape index (κ3) is 7.31. The van der Waals surface area contributed by atoms with Gasteiger partial charge in [-0.3, -0.25) is 9.89 Å². The number of hydrogen-bond donors (Lipinski definition) is 1. The predicted octanol–water partition coefficient (Wildman–Crippen LogP) is 3.20. The maximum Gasteiger partial charge on any atom is 0.193 e. The standard InChI is InChI=1S/C17H34N4.HI/c1-6-7-8-11-20(5)17(18-4)19-14-16(15(2)3)21-12-9-10-13-21;/h6,15-16H,1,7-14H2,2-5H3,(H,18,19);1H. The Morgan fingerprint density at radius 2 is 2.00 bits per heavy atom. The van der Waals surface area contributed by atoms with Crippen LogP contribution in [0.4, 0.5) is 0 Å². The normalized spacial score (nSPS) is 17.2. The molecule has 130 valence electrons. The summed E-state index contributed by atoms with van der Waals surface area (Å²) < 4.78 is 0. The summed E-state index contributed by atoms with van der Waals surface area (Å²) in [6.45, 7) is 12.9. The highest BCUT2D eigenvalue weighted by Crippen LogP contribution is 2.17. The Kier molecular flexibility index (Phi) is 12.0. The molecule has 0 amide bonds. The van der Waals surface area contributed by atoms with Gasteiger partial charge in [0.05, 0.1) is 0 Å². The predicted molar refractivity (Wildman–Crippen MR) is 108 cm³/mol. The first-order valence-corrected chi connectivity index (χ1v) is 8.36. The molecule has 1 aliphatic heterocycles. The Labute approximate surface area is 154 Å². The maximum atomic E-state index is 4.41. The Hall–Kier alpha value is -0.300. The number of hydrogen-bond acceptors (Lipinski definition) is 2. The van der Waals surface area contributed by atoms with Crippen molar-refractivity contribution >= 4 is 29.9 Å². The topological polar surface area (TPSA) is 30.9 Å². The SMILES string of the molecule is C=CCCCN(C)C(=NC)NCC(C(C)C)N1CCCC1.I. The van der Waals surface area contributed by atoms with Crippen molar-refractivity contribution in [1.29, 1.82) is 0 Å². The van der Waals surface area contributed by atoms with Gasteiger partial charge in [0.1, 0.15) is 0 Å². The van der Waals surface area contributed by atoms with Gasteiger partial charge in [-0.2, -0.15) is 0 Å². The number of nitrogens with zero attached hydrogens (tertiary/aromatic N) is 3. The molecule has 4 nitrogen and oxygen atoms in total. The van der Waals surface area contributed by atoms with Crippen LogP contribution in [-0.4, -0.2) is 62.1 Å². The molecule has 1 heterocycles. The minimum absolute atomic E-state index is 0. The minimum atomic E-state index is 0.